The molecule has 2 aliphatic rings. The number of anilines is 1. The topological polar surface area (TPSA) is 12.0 Å². The fourth-order valence-electron chi connectivity index (χ4n) is 3.57. The van der Waals surface area contributed by atoms with Gasteiger partial charge in [0, 0.05) is 21.1 Å². The fraction of sp³-hybridized carbons (Fsp3) is 0.222. The number of allylic oxidation sites excluding steroid dienone is 2. The zero-order valence-electron chi connectivity index (χ0n) is 11.4. The SMILES string of the molecule is Clc1ccc([C@H]2Nc3ccc(Br)cc3[C@H]3C=CC[C@H]32)cc1. The first-order valence-electron chi connectivity index (χ1n) is 7.20. The number of fused-ring (bicyclic) bond motifs is 3. The molecule has 0 radical (unpaired) electrons. The molecule has 1 nitrogen and oxygen atoms in total. The van der Waals surface area contributed by atoms with Crippen LogP contribution in [0.15, 0.2) is 59.1 Å². The highest BCUT2D eigenvalue weighted by atomic mass is 79.9. The van der Waals surface area contributed by atoms with Crippen LogP contribution in [0, 0.1) is 5.92 Å². The summed E-state index contributed by atoms with van der Waals surface area (Å²) < 4.78 is 1.15. The average Bonchev–Trinajstić information content (AvgIpc) is 2.97. The molecule has 1 heterocycles. The van der Waals surface area contributed by atoms with Crippen molar-refractivity contribution < 1.29 is 0 Å². The van der Waals surface area contributed by atoms with Gasteiger partial charge in [-0.25, -0.2) is 0 Å². The lowest BCUT2D eigenvalue weighted by molar-refractivity contribution is 0.425. The summed E-state index contributed by atoms with van der Waals surface area (Å²) >= 11 is 9.61. The molecule has 1 N–H and O–H groups in total. The molecule has 0 fully saturated rings. The summed E-state index contributed by atoms with van der Waals surface area (Å²) in [5.74, 6) is 1.08. The normalized spacial score (nSPS) is 26.1. The summed E-state index contributed by atoms with van der Waals surface area (Å²) in [5.41, 5.74) is 3.95. The molecule has 0 bridgehead atoms. The van der Waals surface area contributed by atoms with E-state index >= 15 is 0 Å². The molecule has 2 aromatic rings. The molecule has 4 rings (SSSR count). The van der Waals surface area contributed by atoms with Gasteiger partial charge in [0.2, 0.25) is 0 Å². The number of hydrogen-bond donors (Lipinski definition) is 1. The second-order valence-electron chi connectivity index (χ2n) is 5.76. The van der Waals surface area contributed by atoms with Gasteiger partial charge in [-0.05, 0) is 53.8 Å². The zero-order chi connectivity index (χ0) is 14.4. The smallest absolute Gasteiger partial charge is 0.0553 e. The van der Waals surface area contributed by atoms with Crippen molar-refractivity contribution in [2.45, 2.75) is 18.4 Å². The summed E-state index contributed by atoms with van der Waals surface area (Å²) in [5, 5.41) is 4.52. The molecule has 106 valence electrons. The van der Waals surface area contributed by atoms with E-state index in [0.29, 0.717) is 17.9 Å². The van der Waals surface area contributed by atoms with Crippen LogP contribution < -0.4 is 5.32 Å². The Morgan fingerprint density at radius 2 is 1.90 bits per heavy atom. The highest BCUT2D eigenvalue weighted by Crippen LogP contribution is 2.50. The summed E-state index contributed by atoms with van der Waals surface area (Å²) in [7, 11) is 0. The molecular weight excluding hydrogens is 346 g/mol. The molecule has 0 saturated carbocycles. The maximum absolute atomic E-state index is 6.02. The Morgan fingerprint density at radius 3 is 2.71 bits per heavy atom. The molecule has 2 aromatic carbocycles. The number of rotatable bonds is 1. The predicted molar refractivity (Wildman–Crippen MR) is 91.9 cm³/mol. The van der Waals surface area contributed by atoms with Crippen LogP contribution in [-0.2, 0) is 0 Å². The van der Waals surface area contributed by atoms with Gasteiger partial charge in [0.1, 0.15) is 0 Å². The van der Waals surface area contributed by atoms with Crippen molar-refractivity contribution in [3.63, 3.8) is 0 Å². The van der Waals surface area contributed by atoms with E-state index in [0.717, 1.165) is 15.9 Å². The second kappa shape index (κ2) is 5.19. The van der Waals surface area contributed by atoms with Gasteiger partial charge in [0.25, 0.3) is 0 Å². The molecule has 0 aromatic heterocycles. The first-order valence-corrected chi connectivity index (χ1v) is 8.37. The van der Waals surface area contributed by atoms with Gasteiger partial charge < -0.3 is 5.32 Å². The Morgan fingerprint density at radius 1 is 1.10 bits per heavy atom. The van der Waals surface area contributed by atoms with Gasteiger partial charge in [-0.15, -0.1) is 0 Å². The Bertz CT molecular complexity index is 708. The lowest BCUT2D eigenvalue weighted by atomic mass is 9.77. The van der Waals surface area contributed by atoms with Gasteiger partial charge >= 0.3 is 0 Å². The first kappa shape index (κ1) is 13.4. The fourth-order valence-corrected chi connectivity index (χ4v) is 4.07. The van der Waals surface area contributed by atoms with Gasteiger partial charge in [0.15, 0.2) is 0 Å². The van der Waals surface area contributed by atoms with Crippen LogP contribution in [0.2, 0.25) is 5.02 Å². The van der Waals surface area contributed by atoms with Crippen LogP contribution in [0.25, 0.3) is 0 Å². The third-order valence-electron chi connectivity index (χ3n) is 4.55. The molecule has 1 aliphatic carbocycles. The third kappa shape index (κ3) is 2.31. The average molecular weight is 361 g/mol. The predicted octanol–water partition coefficient (Wildman–Crippen LogP) is 5.93. The minimum Gasteiger partial charge on any atom is -0.378 e. The van der Waals surface area contributed by atoms with Crippen LogP contribution in [-0.4, -0.2) is 0 Å². The lowest BCUT2D eigenvalue weighted by Crippen LogP contribution is -2.28. The van der Waals surface area contributed by atoms with E-state index in [1.165, 1.54) is 16.8 Å². The minimum absolute atomic E-state index is 0.343. The monoisotopic (exact) mass is 359 g/mol. The van der Waals surface area contributed by atoms with Crippen LogP contribution in [0.1, 0.15) is 29.5 Å². The largest absolute Gasteiger partial charge is 0.378 e. The van der Waals surface area contributed by atoms with E-state index < -0.39 is 0 Å². The zero-order valence-corrected chi connectivity index (χ0v) is 13.7. The standard InChI is InChI=1S/C18H15BrClN/c19-12-6-9-17-16(10-12)14-2-1-3-15(14)18(21-17)11-4-7-13(20)8-5-11/h1-2,4-10,14-15,18,21H,3H2/t14-,15+,18+/m0/s1. The van der Waals surface area contributed by atoms with Crippen molar-refractivity contribution in [1.29, 1.82) is 0 Å². The van der Waals surface area contributed by atoms with E-state index in [2.05, 4.69) is 63.7 Å². The van der Waals surface area contributed by atoms with Crippen molar-refractivity contribution in [2.24, 2.45) is 5.92 Å². The first-order chi connectivity index (χ1) is 10.2. The second-order valence-corrected chi connectivity index (χ2v) is 7.11. The highest BCUT2D eigenvalue weighted by molar-refractivity contribution is 9.10. The van der Waals surface area contributed by atoms with E-state index in [1.54, 1.807) is 0 Å². The number of hydrogen-bond acceptors (Lipinski definition) is 1. The lowest BCUT2D eigenvalue weighted by Gasteiger charge is -2.37. The van der Waals surface area contributed by atoms with Crippen molar-refractivity contribution in [2.75, 3.05) is 5.32 Å². The van der Waals surface area contributed by atoms with Gasteiger partial charge in [-0.2, -0.15) is 0 Å². The molecule has 1 aliphatic heterocycles. The third-order valence-corrected chi connectivity index (χ3v) is 5.30. The molecule has 21 heavy (non-hydrogen) atoms. The van der Waals surface area contributed by atoms with Crippen molar-refractivity contribution in [1.82, 2.24) is 0 Å². The molecular formula is C18H15BrClN. The maximum atomic E-state index is 6.02. The summed E-state index contributed by atoms with van der Waals surface area (Å²) in [6.07, 6.45) is 5.80. The Hall–Kier alpha value is -1.25. The van der Waals surface area contributed by atoms with Crippen LogP contribution >= 0.6 is 27.5 Å². The van der Waals surface area contributed by atoms with Crippen LogP contribution in [0.5, 0.6) is 0 Å². The number of halogens is 2. The van der Waals surface area contributed by atoms with E-state index in [9.17, 15) is 0 Å². The van der Waals surface area contributed by atoms with Crippen LogP contribution in [0.3, 0.4) is 0 Å². The van der Waals surface area contributed by atoms with E-state index in [4.69, 9.17) is 11.6 Å². The summed E-state index contributed by atoms with van der Waals surface area (Å²) in [6.45, 7) is 0. The Balaban J connectivity index is 1.78. The van der Waals surface area contributed by atoms with Crippen molar-refractivity contribution in [3.05, 3.63) is 75.2 Å². The highest BCUT2D eigenvalue weighted by Gasteiger charge is 2.37. The van der Waals surface area contributed by atoms with Crippen molar-refractivity contribution in [3.8, 4) is 0 Å². The minimum atomic E-state index is 0.343. The molecule has 3 heteroatoms. The van der Waals surface area contributed by atoms with Gasteiger partial charge in [0.05, 0.1) is 6.04 Å². The Labute approximate surface area is 138 Å². The van der Waals surface area contributed by atoms with E-state index in [-0.39, 0.29) is 0 Å². The van der Waals surface area contributed by atoms with Gasteiger partial charge in [-0.1, -0.05) is 51.8 Å². The molecule has 0 amide bonds. The maximum Gasteiger partial charge on any atom is 0.0553 e. The number of nitrogens with one attached hydrogen (secondary N) is 1. The molecule has 0 unspecified atom stereocenters. The summed E-state index contributed by atoms with van der Waals surface area (Å²) in [6, 6.07) is 15.1. The molecule has 3 atom stereocenters. The van der Waals surface area contributed by atoms with Gasteiger partial charge in [-0.3, -0.25) is 0 Å². The van der Waals surface area contributed by atoms with Crippen molar-refractivity contribution >= 4 is 33.2 Å². The summed E-state index contributed by atoms with van der Waals surface area (Å²) in [4.78, 5) is 0. The molecule has 0 saturated heterocycles. The number of benzene rings is 2. The molecule has 0 spiro atoms. The van der Waals surface area contributed by atoms with E-state index in [1.807, 2.05) is 12.1 Å². The quantitative estimate of drug-likeness (QED) is 0.622. The Kier molecular flexibility index (Phi) is 3.31. The van der Waals surface area contributed by atoms with Crippen LogP contribution in [0.4, 0.5) is 5.69 Å².